The number of rotatable bonds is 5. The number of fused-ring (bicyclic) bond motifs is 1. The van der Waals surface area contributed by atoms with E-state index in [-0.39, 0.29) is 27.8 Å². The molecular weight excluding hydrogens is 619 g/mol. The van der Waals surface area contributed by atoms with Crippen molar-refractivity contribution in [2.24, 2.45) is 10.1 Å². The Balaban J connectivity index is 1.64. The maximum atomic E-state index is 13.6. The van der Waals surface area contributed by atoms with Crippen molar-refractivity contribution in [2.75, 3.05) is 4.90 Å². The molecule has 1 unspecified atom stereocenters. The van der Waals surface area contributed by atoms with Crippen LogP contribution >= 0.6 is 23.2 Å². The summed E-state index contributed by atoms with van der Waals surface area (Å²) in [4.78, 5) is 20.1. The third kappa shape index (κ3) is 5.27. The van der Waals surface area contributed by atoms with Crippen molar-refractivity contribution in [3.63, 3.8) is 0 Å². The van der Waals surface area contributed by atoms with Crippen molar-refractivity contribution in [3.8, 4) is 11.8 Å². The van der Waals surface area contributed by atoms with E-state index in [0.717, 1.165) is 10.8 Å². The quantitative estimate of drug-likeness (QED) is 0.226. The zero-order valence-electron chi connectivity index (χ0n) is 23.0. The van der Waals surface area contributed by atoms with Crippen LogP contribution < -0.4 is 10.0 Å². The fourth-order valence-corrected chi connectivity index (χ4v) is 6.86. The lowest BCUT2D eigenvalue weighted by atomic mass is 9.75. The van der Waals surface area contributed by atoms with E-state index in [9.17, 15) is 23.6 Å². The summed E-state index contributed by atoms with van der Waals surface area (Å²) >= 11 is 12.9. The minimum absolute atomic E-state index is 0.00327. The summed E-state index contributed by atoms with van der Waals surface area (Å²) in [6.07, 6.45) is 2.83. The van der Waals surface area contributed by atoms with Crippen molar-refractivity contribution in [1.82, 2.24) is 0 Å². The number of Topliss-reactive ketones (excluding diaryl/α,β-unsaturated/α-hetero) is 1. The molecule has 4 aromatic rings. The highest BCUT2D eigenvalue weighted by Gasteiger charge is 2.42. The van der Waals surface area contributed by atoms with Crippen LogP contribution in [-0.2, 0) is 14.8 Å². The van der Waals surface area contributed by atoms with Gasteiger partial charge in [-0.15, -0.1) is 0 Å². The summed E-state index contributed by atoms with van der Waals surface area (Å²) in [5.41, 5.74) is 2.63. The first kappa shape index (κ1) is 29.6. The SMILES string of the molecule is N#CC1=C(/N=C/c2c(O)ccc3ccccc23)N(c2ccc(S(N)(=O)=O)cc2)C2=C(C(=O)CCC2)C1c1ccc(Cl)cc1Cl. The first-order chi connectivity index (χ1) is 21.1. The number of anilines is 1. The second-order valence-corrected chi connectivity index (χ2v) is 12.8. The molecule has 0 saturated carbocycles. The van der Waals surface area contributed by atoms with Crippen LogP contribution in [0, 0.1) is 11.3 Å². The van der Waals surface area contributed by atoms with Gasteiger partial charge in [-0.05, 0) is 71.6 Å². The number of sulfonamides is 1. The molecule has 3 N–H and O–H groups in total. The van der Waals surface area contributed by atoms with E-state index in [1.54, 1.807) is 47.4 Å². The first-order valence-corrected chi connectivity index (χ1v) is 15.9. The Morgan fingerprint density at radius 1 is 1.02 bits per heavy atom. The molecule has 1 atom stereocenters. The number of ketones is 1. The van der Waals surface area contributed by atoms with E-state index in [0.29, 0.717) is 57.4 Å². The Morgan fingerprint density at radius 2 is 1.77 bits per heavy atom. The van der Waals surface area contributed by atoms with E-state index in [4.69, 9.17) is 33.3 Å². The minimum Gasteiger partial charge on any atom is -0.507 e. The molecule has 8 nitrogen and oxygen atoms in total. The monoisotopic (exact) mass is 642 g/mol. The number of aliphatic imine (C=N–C) groups is 1. The van der Waals surface area contributed by atoms with Crippen LogP contribution in [0.4, 0.5) is 5.69 Å². The van der Waals surface area contributed by atoms with Gasteiger partial charge in [-0.2, -0.15) is 5.26 Å². The molecule has 0 fully saturated rings. The molecule has 0 aromatic heterocycles. The number of halogens is 2. The fraction of sp³-hybridized carbons (Fsp3) is 0.121. The van der Waals surface area contributed by atoms with Gasteiger partial charge in [0.2, 0.25) is 10.0 Å². The van der Waals surface area contributed by atoms with E-state index < -0.39 is 15.9 Å². The zero-order chi connectivity index (χ0) is 31.2. The predicted molar refractivity (Wildman–Crippen MR) is 171 cm³/mol. The average Bonchev–Trinajstić information content (AvgIpc) is 3.00. The van der Waals surface area contributed by atoms with Crippen LogP contribution in [0.2, 0.25) is 10.0 Å². The van der Waals surface area contributed by atoms with E-state index in [2.05, 4.69) is 6.07 Å². The van der Waals surface area contributed by atoms with Crippen molar-refractivity contribution < 1.29 is 18.3 Å². The Labute approximate surface area is 264 Å². The van der Waals surface area contributed by atoms with Gasteiger partial charge in [-0.3, -0.25) is 9.69 Å². The Morgan fingerprint density at radius 3 is 2.48 bits per heavy atom. The third-order valence-electron chi connectivity index (χ3n) is 7.81. The largest absolute Gasteiger partial charge is 0.507 e. The summed E-state index contributed by atoms with van der Waals surface area (Å²) in [6, 6.07) is 23.9. The predicted octanol–water partition coefficient (Wildman–Crippen LogP) is 6.96. The van der Waals surface area contributed by atoms with Gasteiger partial charge in [0.05, 0.1) is 22.5 Å². The van der Waals surface area contributed by atoms with Crippen molar-refractivity contribution in [2.45, 2.75) is 30.1 Å². The Bertz CT molecular complexity index is 2100. The Kier molecular flexibility index (Phi) is 7.78. The average molecular weight is 644 g/mol. The normalized spacial score (nSPS) is 17.4. The number of nitrogens with two attached hydrogens (primary N) is 1. The molecule has 2 aliphatic rings. The van der Waals surface area contributed by atoms with Crippen LogP contribution in [0.25, 0.3) is 10.8 Å². The van der Waals surface area contributed by atoms with Crippen LogP contribution in [0.1, 0.15) is 36.3 Å². The Hall–Kier alpha value is -4.46. The molecule has 0 bridgehead atoms. The number of nitriles is 1. The number of benzene rings is 4. The van der Waals surface area contributed by atoms with Gasteiger partial charge in [-0.25, -0.2) is 18.5 Å². The molecule has 44 heavy (non-hydrogen) atoms. The van der Waals surface area contributed by atoms with Crippen LogP contribution in [0.3, 0.4) is 0 Å². The van der Waals surface area contributed by atoms with Gasteiger partial charge in [0.25, 0.3) is 0 Å². The molecule has 1 aliphatic heterocycles. The highest BCUT2D eigenvalue weighted by molar-refractivity contribution is 7.89. The molecule has 4 aromatic carbocycles. The number of primary sulfonamides is 1. The maximum absolute atomic E-state index is 13.6. The second kappa shape index (κ2) is 11.6. The zero-order valence-corrected chi connectivity index (χ0v) is 25.4. The molecule has 1 heterocycles. The summed E-state index contributed by atoms with van der Waals surface area (Å²) in [6.45, 7) is 0. The summed E-state index contributed by atoms with van der Waals surface area (Å²) < 4.78 is 24.0. The number of carbonyl (C=O) groups excluding carboxylic acids is 1. The second-order valence-electron chi connectivity index (χ2n) is 10.4. The van der Waals surface area contributed by atoms with Crippen LogP contribution in [0.5, 0.6) is 5.75 Å². The number of hydrogen-bond acceptors (Lipinski definition) is 7. The topological polar surface area (TPSA) is 137 Å². The van der Waals surface area contributed by atoms with E-state index in [1.165, 1.54) is 18.3 Å². The maximum Gasteiger partial charge on any atom is 0.238 e. The van der Waals surface area contributed by atoms with Gasteiger partial charge in [0, 0.05) is 45.2 Å². The van der Waals surface area contributed by atoms with E-state index in [1.807, 2.05) is 24.3 Å². The lowest BCUT2D eigenvalue weighted by Crippen LogP contribution is -2.35. The molecule has 0 radical (unpaired) electrons. The number of nitrogens with zero attached hydrogens (tertiary/aromatic N) is 3. The minimum atomic E-state index is -3.97. The lowest BCUT2D eigenvalue weighted by molar-refractivity contribution is -0.116. The molecule has 220 valence electrons. The smallest absolute Gasteiger partial charge is 0.238 e. The van der Waals surface area contributed by atoms with Gasteiger partial charge < -0.3 is 5.11 Å². The number of allylic oxidation sites excluding steroid dienone is 3. The lowest BCUT2D eigenvalue weighted by Gasteiger charge is -2.39. The van der Waals surface area contributed by atoms with E-state index >= 15 is 0 Å². The van der Waals surface area contributed by atoms with Crippen LogP contribution in [0.15, 0.2) is 111 Å². The molecule has 0 spiro atoms. The third-order valence-corrected chi connectivity index (χ3v) is 9.30. The molecule has 0 saturated heterocycles. The number of aromatic hydroxyl groups is 1. The van der Waals surface area contributed by atoms with Crippen molar-refractivity contribution in [3.05, 3.63) is 123 Å². The molecule has 0 amide bonds. The number of hydrogen-bond donors (Lipinski definition) is 2. The standard InChI is InChI=1S/C33H24Cl2N4O4S/c34-20-9-14-24(27(35)16-20)31-25(17-36)33(38-18-26-23-5-2-1-4-19(23)8-15-29(26)40)39(28-6-3-7-30(41)32(28)31)21-10-12-22(13-11-21)44(37,42)43/h1-2,4-5,8-16,18,31,40H,3,6-7H2,(H2,37,42,43)/b38-18+. The number of carbonyl (C=O) groups is 1. The molecule has 6 rings (SSSR count). The summed E-state index contributed by atoms with van der Waals surface area (Å²) in [5.74, 6) is -0.763. The first-order valence-electron chi connectivity index (χ1n) is 13.6. The van der Waals surface area contributed by atoms with Gasteiger partial charge in [0.1, 0.15) is 5.75 Å². The van der Waals surface area contributed by atoms with Crippen LogP contribution in [-0.4, -0.2) is 25.5 Å². The van der Waals surface area contributed by atoms with Gasteiger partial charge >= 0.3 is 0 Å². The number of phenolic OH excluding ortho intramolecular Hbond substituents is 1. The highest BCUT2D eigenvalue weighted by Crippen LogP contribution is 2.49. The van der Waals surface area contributed by atoms with Gasteiger partial charge in [-0.1, -0.05) is 59.6 Å². The van der Waals surface area contributed by atoms with Gasteiger partial charge in [0.15, 0.2) is 11.6 Å². The highest BCUT2D eigenvalue weighted by atomic mass is 35.5. The molecular formula is C33H24Cl2N4O4S. The molecule has 11 heteroatoms. The van der Waals surface area contributed by atoms with Crippen molar-refractivity contribution >= 4 is 61.7 Å². The fourth-order valence-electron chi connectivity index (χ4n) is 5.83. The number of phenols is 1. The molecule has 1 aliphatic carbocycles. The summed E-state index contributed by atoms with van der Waals surface area (Å²) in [7, 11) is -3.97. The summed E-state index contributed by atoms with van der Waals surface area (Å²) in [5, 5.41) is 29.2. The van der Waals surface area contributed by atoms with Crippen molar-refractivity contribution in [1.29, 1.82) is 5.26 Å².